The third kappa shape index (κ3) is 1.92. The Morgan fingerprint density at radius 3 is 2.79 bits per heavy atom. The van der Waals surface area contributed by atoms with Crippen molar-refractivity contribution in [2.75, 3.05) is 0 Å². The first-order valence-corrected chi connectivity index (χ1v) is 5.50. The number of rotatable bonds is 4. The molecule has 82 valence electrons. The molecule has 3 unspecified atom stereocenters. The third-order valence-corrected chi connectivity index (χ3v) is 3.89. The van der Waals surface area contributed by atoms with Gasteiger partial charge in [-0.25, -0.2) is 0 Å². The molecule has 3 nitrogen and oxygen atoms in total. The molecule has 1 saturated carbocycles. The van der Waals surface area contributed by atoms with E-state index in [1.807, 2.05) is 6.92 Å². The van der Waals surface area contributed by atoms with Crippen LogP contribution in [0.5, 0.6) is 0 Å². The van der Waals surface area contributed by atoms with Gasteiger partial charge < -0.3 is 10.8 Å². The second-order valence-corrected chi connectivity index (χ2v) is 4.59. The standard InChI is InChI=1S/C11H21NO2/c1-3-9-5-4-6-11(9,8(2)12)7-10(13)14/h8-9H,3-7,12H2,1-2H3,(H,13,14). The minimum Gasteiger partial charge on any atom is -0.481 e. The summed E-state index contributed by atoms with van der Waals surface area (Å²) in [5.41, 5.74) is 5.85. The summed E-state index contributed by atoms with van der Waals surface area (Å²) in [5.74, 6) is -0.207. The highest BCUT2D eigenvalue weighted by atomic mass is 16.4. The fourth-order valence-corrected chi connectivity index (χ4v) is 3.05. The minimum atomic E-state index is -0.706. The number of carbonyl (C=O) groups is 1. The Hall–Kier alpha value is -0.570. The minimum absolute atomic E-state index is 0.00829. The molecule has 0 amide bonds. The van der Waals surface area contributed by atoms with Gasteiger partial charge in [-0.3, -0.25) is 4.79 Å². The van der Waals surface area contributed by atoms with Crippen molar-refractivity contribution in [3.8, 4) is 0 Å². The van der Waals surface area contributed by atoms with Crippen molar-refractivity contribution in [2.24, 2.45) is 17.1 Å². The Balaban J connectivity index is 2.84. The SMILES string of the molecule is CCC1CCCC1(CC(=O)O)C(C)N. The Kier molecular flexibility index (Phi) is 3.53. The summed E-state index contributed by atoms with van der Waals surface area (Å²) in [5, 5.41) is 8.95. The molecule has 3 atom stereocenters. The zero-order valence-electron chi connectivity index (χ0n) is 9.12. The van der Waals surface area contributed by atoms with Crippen molar-refractivity contribution in [3.05, 3.63) is 0 Å². The van der Waals surface area contributed by atoms with Crippen LogP contribution in [-0.4, -0.2) is 17.1 Å². The average molecular weight is 199 g/mol. The summed E-state index contributed by atoms with van der Waals surface area (Å²) in [6.07, 6.45) is 4.55. The number of carboxylic acids is 1. The largest absolute Gasteiger partial charge is 0.481 e. The fourth-order valence-electron chi connectivity index (χ4n) is 3.05. The second kappa shape index (κ2) is 4.30. The molecule has 0 heterocycles. The van der Waals surface area contributed by atoms with Crippen LogP contribution in [0.2, 0.25) is 0 Å². The van der Waals surface area contributed by atoms with Crippen LogP contribution in [-0.2, 0) is 4.79 Å². The monoisotopic (exact) mass is 199 g/mol. The molecule has 0 aliphatic heterocycles. The lowest BCUT2D eigenvalue weighted by molar-refractivity contribution is -0.141. The molecule has 1 aliphatic carbocycles. The maximum absolute atomic E-state index is 10.9. The molecule has 0 aromatic heterocycles. The van der Waals surface area contributed by atoms with Crippen LogP contribution in [0.25, 0.3) is 0 Å². The lowest BCUT2D eigenvalue weighted by Crippen LogP contribution is -2.43. The van der Waals surface area contributed by atoms with E-state index in [9.17, 15) is 4.79 Å². The molecule has 1 rings (SSSR count). The zero-order chi connectivity index (χ0) is 10.8. The maximum Gasteiger partial charge on any atom is 0.303 e. The Morgan fingerprint density at radius 2 is 2.36 bits per heavy atom. The first kappa shape index (κ1) is 11.5. The molecule has 0 radical (unpaired) electrons. The molecular formula is C11H21NO2. The highest BCUT2D eigenvalue weighted by Gasteiger charge is 2.45. The summed E-state index contributed by atoms with van der Waals surface area (Å²) in [4.78, 5) is 10.9. The van der Waals surface area contributed by atoms with Gasteiger partial charge in [0.05, 0.1) is 6.42 Å². The van der Waals surface area contributed by atoms with Crippen LogP contribution < -0.4 is 5.73 Å². The third-order valence-electron chi connectivity index (χ3n) is 3.89. The highest BCUT2D eigenvalue weighted by molar-refractivity contribution is 5.68. The molecule has 0 spiro atoms. The molecule has 1 fully saturated rings. The number of carboxylic acid groups (broad SMARTS) is 1. The van der Waals surface area contributed by atoms with Crippen molar-refractivity contribution in [1.29, 1.82) is 0 Å². The molecule has 0 aromatic carbocycles. The number of aliphatic carboxylic acids is 1. The van der Waals surface area contributed by atoms with Crippen LogP contribution in [0.4, 0.5) is 0 Å². The molecule has 1 aliphatic rings. The zero-order valence-corrected chi connectivity index (χ0v) is 9.12. The fraction of sp³-hybridized carbons (Fsp3) is 0.909. The van der Waals surface area contributed by atoms with E-state index in [1.165, 1.54) is 0 Å². The van der Waals surface area contributed by atoms with Crippen molar-refractivity contribution in [2.45, 2.75) is 52.0 Å². The molecular weight excluding hydrogens is 178 g/mol. The lowest BCUT2D eigenvalue weighted by atomic mass is 9.69. The predicted molar refractivity (Wildman–Crippen MR) is 56.0 cm³/mol. The van der Waals surface area contributed by atoms with Gasteiger partial charge in [-0.15, -0.1) is 0 Å². The average Bonchev–Trinajstić information content (AvgIpc) is 2.47. The van der Waals surface area contributed by atoms with Gasteiger partial charge in [0, 0.05) is 6.04 Å². The molecule has 14 heavy (non-hydrogen) atoms. The first-order valence-electron chi connectivity index (χ1n) is 5.50. The van der Waals surface area contributed by atoms with Crippen molar-refractivity contribution >= 4 is 5.97 Å². The number of hydrogen-bond donors (Lipinski definition) is 2. The van der Waals surface area contributed by atoms with Gasteiger partial charge in [-0.1, -0.05) is 19.8 Å². The number of nitrogens with two attached hydrogens (primary N) is 1. The van der Waals surface area contributed by atoms with E-state index in [2.05, 4.69) is 6.92 Å². The lowest BCUT2D eigenvalue weighted by Gasteiger charge is -2.37. The Morgan fingerprint density at radius 1 is 1.71 bits per heavy atom. The molecule has 0 aromatic rings. The van der Waals surface area contributed by atoms with Crippen LogP contribution in [0.15, 0.2) is 0 Å². The van der Waals surface area contributed by atoms with Crippen LogP contribution >= 0.6 is 0 Å². The highest BCUT2D eigenvalue weighted by Crippen LogP contribution is 2.49. The van der Waals surface area contributed by atoms with E-state index in [-0.39, 0.29) is 17.9 Å². The summed E-state index contributed by atoms with van der Waals surface area (Å²) in [6.45, 7) is 4.09. The van der Waals surface area contributed by atoms with E-state index in [4.69, 9.17) is 10.8 Å². The van der Waals surface area contributed by atoms with Gasteiger partial charge >= 0.3 is 5.97 Å². The first-order chi connectivity index (χ1) is 6.53. The van der Waals surface area contributed by atoms with Crippen LogP contribution in [0.3, 0.4) is 0 Å². The summed E-state index contributed by atoms with van der Waals surface area (Å²) < 4.78 is 0. The summed E-state index contributed by atoms with van der Waals surface area (Å²) >= 11 is 0. The second-order valence-electron chi connectivity index (χ2n) is 4.59. The van der Waals surface area contributed by atoms with Gasteiger partial charge in [0.25, 0.3) is 0 Å². The summed E-state index contributed by atoms with van der Waals surface area (Å²) in [7, 11) is 0. The van der Waals surface area contributed by atoms with E-state index >= 15 is 0 Å². The van der Waals surface area contributed by atoms with E-state index in [0.717, 1.165) is 25.7 Å². The van der Waals surface area contributed by atoms with Gasteiger partial charge in [-0.05, 0) is 31.1 Å². The quantitative estimate of drug-likeness (QED) is 0.728. The van der Waals surface area contributed by atoms with E-state index in [0.29, 0.717) is 5.92 Å². The summed E-state index contributed by atoms with van der Waals surface area (Å²) in [6, 6.07) is -0.00829. The molecule has 3 N–H and O–H groups in total. The Bertz CT molecular complexity index is 215. The van der Waals surface area contributed by atoms with Gasteiger partial charge in [0.1, 0.15) is 0 Å². The topological polar surface area (TPSA) is 63.3 Å². The van der Waals surface area contributed by atoms with E-state index < -0.39 is 5.97 Å². The van der Waals surface area contributed by atoms with E-state index in [1.54, 1.807) is 0 Å². The molecule has 0 saturated heterocycles. The number of hydrogen-bond acceptors (Lipinski definition) is 2. The molecule has 3 heteroatoms. The normalized spacial score (nSPS) is 34.4. The smallest absolute Gasteiger partial charge is 0.303 e. The Labute approximate surface area is 85.7 Å². The van der Waals surface area contributed by atoms with Crippen molar-refractivity contribution < 1.29 is 9.90 Å². The van der Waals surface area contributed by atoms with Gasteiger partial charge in [0.15, 0.2) is 0 Å². The van der Waals surface area contributed by atoms with Gasteiger partial charge in [0.2, 0.25) is 0 Å². The molecule has 0 bridgehead atoms. The van der Waals surface area contributed by atoms with Gasteiger partial charge in [-0.2, -0.15) is 0 Å². The van der Waals surface area contributed by atoms with Crippen molar-refractivity contribution in [1.82, 2.24) is 0 Å². The maximum atomic E-state index is 10.9. The van der Waals surface area contributed by atoms with Crippen LogP contribution in [0.1, 0.15) is 46.0 Å². The van der Waals surface area contributed by atoms with Crippen molar-refractivity contribution in [3.63, 3.8) is 0 Å². The predicted octanol–water partition coefficient (Wildman–Crippen LogP) is 2.00. The van der Waals surface area contributed by atoms with Crippen LogP contribution in [0, 0.1) is 11.3 Å².